The maximum atomic E-state index is 13.8. The van der Waals surface area contributed by atoms with Gasteiger partial charge in [-0.15, -0.1) is 0 Å². The van der Waals surface area contributed by atoms with E-state index in [4.69, 9.17) is 4.74 Å². The Morgan fingerprint density at radius 1 is 0.970 bits per heavy atom. The first-order valence-electron chi connectivity index (χ1n) is 12.4. The van der Waals surface area contributed by atoms with Crippen molar-refractivity contribution >= 4 is 17.8 Å². The van der Waals surface area contributed by atoms with Crippen molar-refractivity contribution in [2.45, 2.75) is 83.3 Å². The first kappa shape index (κ1) is 25.2. The van der Waals surface area contributed by atoms with Crippen LogP contribution in [0.15, 0.2) is 30.3 Å². The minimum absolute atomic E-state index is 0.101. The molecule has 2 N–H and O–H groups in total. The quantitative estimate of drug-likeness (QED) is 0.681. The third-order valence-corrected chi connectivity index (χ3v) is 6.74. The Morgan fingerprint density at radius 3 is 2.39 bits per heavy atom. The summed E-state index contributed by atoms with van der Waals surface area (Å²) in [6.45, 7) is 5.00. The molecule has 1 unspecified atom stereocenters. The number of esters is 1. The Bertz CT molecular complexity index is 790. The van der Waals surface area contributed by atoms with E-state index in [9.17, 15) is 14.4 Å². The van der Waals surface area contributed by atoms with Gasteiger partial charge in [-0.05, 0) is 64.0 Å². The van der Waals surface area contributed by atoms with Crippen LogP contribution in [0.4, 0.5) is 0 Å². The molecule has 2 aliphatic rings. The van der Waals surface area contributed by atoms with Crippen LogP contribution in [-0.2, 0) is 25.7 Å². The van der Waals surface area contributed by atoms with E-state index in [-0.39, 0.29) is 30.3 Å². The van der Waals surface area contributed by atoms with Crippen LogP contribution in [0.2, 0.25) is 0 Å². The summed E-state index contributed by atoms with van der Waals surface area (Å²) in [6.07, 6.45) is 8.14. The van der Waals surface area contributed by atoms with E-state index in [1.807, 2.05) is 18.2 Å². The van der Waals surface area contributed by atoms with E-state index in [1.165, 1.54) is 12.0 Å². The van der Waals surface area contributed by atoms with Gasteiger partial charge < -0.3 is 15.4 Å². The Kier molecular flexibility index (Phi) is 9.30. The zero-order valence-electron chi connectivity index (χ0n) is 20.1. The number of carbonyl (C=O) groups is 3. The minimum atomic E-state index is -1.14. The largest absolute Gasteiger partial charge is 0.464 e. The summed E-state index contributed by atoms with van der Waals surface area (Å²) in [5.74, 6) is -0.678. The highest BCUT2D eigenvalue weighted by Crippen LogP contribution is 2.31. The van der Waals surface area contributed by atoms with Crippen molar-refractivity contribution in [1.29, 1.82) is 0 Å². The fourth-order valence-electron chi connectivity index (χ4n) is 4.91. The van der Waals surface area contributed by atoms with Gasteiger partial charge in [0.05, 0.1) is 12.6 Å². The highest BCUT2D eigenvalue weighted by Gasteiger charge is 2.38. The van der Waals surface area contributed by atoms with Crippen LogP contribution in [0.1, 0.15) is 70.8 Å². The van der Waals surface area contributed by atoms with Crippen LogP contribution in [0.3, 0.4) is 0 Å². The van der Waals surface area contributed by atoms with Crippen LogP contribution in [0.25, 0.3) is 0 Å². The second kappa shape index (κ2) is 12.2. The first-order valence-corrected chi connectivity index (χ1v) is 12.4. The zero-order valence-corrected chi connectivity index (χ0v) is 20.1. The average Bonchev–Trinajstić information content (AvgIpc) is 2.80. The van der Waals surface area contributed by atoms with Crippen molar-refractivity contribution in [3.05, 3.63) is 35.9 Å². The van der Waals surface area contributed by atoms with Crippen molar-refractivity contribution < 1.29 is 19.1 Å². The van der Waals surface area contributed by atoms with Crippen molar-refractivity contribution in [2.24, 2.45) is 5.92 Å². The van der Waals surface area contributed by atoms with Crippen LogP contribution in [0.5, 0.6) is 0 Å². The fourth-order valence-corrected chi connectivity index (χ4v) is 4.91. The highest BCUT2D eigenvalue weighted by molar-refractivity contribution is 5.93. The van der Waals surface area contributed by atoms with Gasteiger partial charge in [0.2, 0.25) is 11.8 Å². The summed E-state index contributed by atoms with van der Waals surface area (Å²) in [5.41, 5.74) is 0.0399. The molecule has 1 saturated carbocycles. The predicted octanol–water partition coefficient (Wildman–Crippen LogP) is 3.18. The molecule has 33 heavy (non-hydrogen) atoms. The molecule has 2 fully saturated rings. The molecule has 182 valence electrons. The molecule has 2 amide bonds. The van der Waals surface area contributed by atoms with Crippen LogP contribution in [0, 0.1) is 5.92 Å². The van der Waals surface area contributed by atoms with Gasteiger partial charge in [-0.25, -0.2) is 0 Å². The smallest absolute Gasteiger partial charge is 0.325 e. The molecule has 1 aromatic carbocycles. The van der Waals surface area contributed by atoms with E-state index < -0.39 is 11.5 Å². The molecule has 1 aliphatic carbocycles. The summed E-state index contributed by atoms with van der Waals surface area (Å²) in [4.78, 5) is 40.8. The number of ether oxygens (including phenoxy) is 1. The Morgan fingerprint density at radius 2 is 1.67 bits per heavy atom. The zero-order chi connectivity index (χ0) is 23.7. The molecule has 0 aromatic heterocycles. The summed E-state index contributed by atoms with van der Waals surface area (Å²) >= 11 is 0. The lowest BCUT2D eigenvalue weighted by molar-refractivity contribution is -0.144. The minimum Gasteiger partial charge on any atom is -0.464 e. The molecule has 7 nitrogen and oxygen atoms in total. The van der Waals surface area contributed by atoms with Crippen molar-refractivity contribution in [3.63, 3.8) is 0 Å². The number of hydrogen-bond donors (Lipinski definition) is 2. The van der Waals surface area contributed by atoms with Crippen molar-refractivity contribution in [2.75, 3.05) is 19.7 Å². The molecular formula is C26H39N3O4. The summed E-state index contributed by atoms with van der Waals surface area (Å²) < 4.78 is 5.24. The molecule has 0 bridgehead atoms. The maximum Gasteiger partial charge on any atom is 0.325 e. The molecule has 1 aliphatic heterocycles. The molecule has 7 heteroatoms. The van der Waals surface area contributed by atoms with Gasteiger partial charge in [0.1, 0.15) is 12.1 Å². The monoisotopic (exact) mass is 457 g/mol. The molecule has 1 aromatic rings. The molecule has 3 rings (SSSR count). The second-order valence-electron chi connectivity index (χ2n) is 9.88. The molecule has 1 atom stereocenters. The Hall–Kier alpha value is -2.41. The predicted molar refractivity (Wildman–Crippen MR) is 127 cm³/mol. The van der Waals surface area contributed by atoms with Gasteiger partial charge in [-0.2, -0.15) is 0 Å². The van der Waals surface area contributed by atoms with E-state index in [0.717, 1.165) is 51.5 Å². The molecule has 0 radical (unpaired) electrons. The van der Waals surface area contributed by atoms with Gasteiger partial charge in [0.15, 0.2) is 0 Å². The van der Waals surface area contributed by atoms with Crippen molar-refractivity contribution in [3.8, 4) is 0 Å². The van der Waals surface area contributed by atoms with Gasteiger partial charge >= 0.3 is 5.97 Å². The van der Waals surface area contributed by atoms with Crippen LogP contribution >= 0.6 is 0 Å². The number of carbonyl (C=O) groups excluding carboxylic acids is 3. The standard InChI is InChI=1S/C26H39N3O4/c1-26(2)25(32)27-18-22(30)33-17-11-5-10-16-29(19-20-12-6-3-7-13-20)23(24(31)28-26)21-14-8-4-9-15-21/h3,6-7,12-13,21,23H,4-5,8-11,14-19H2,1-2H3,(H,27,32)(H,28,31). The van der Waals surface area contributed by atoms with Gasteiger partial charge in [0.25, 0.3) is 0 Å². The maximum absolute atomic E-state index is 13.8. The summed E-state index contributed by atoms with van der Waals surface area (Å²) in [7, 11) is 0. The van der Waals surface area contributed by atoms with E-state index in [2.05, 4.69) is 27.7 Å². The molecule has 1 heterocycles. The molecule has 0 spiro atoms. The highest BCUT2D eigenvalue weighted by atomic mass is 16.5. The topological polar surface area (TPSA) is 87.7 Å². The summed E-state index contributed by atoms with van der Waals surface area (Å²) in [6, 6.07) is 9.97. The lowest BCUT2D eigenvalue weighted by Crippen LogP contribution is -2.61. The number of cyclic esters (lactones) is 1. The van der Waals surface area contributed by atoms with Gasteiger partial charge in [-0.3, -0.25) is 19.3 Å². The van der Waals surface area contributed by atoms with E-state index >= 15 is 0 Å². The Labute approximate surface area is 197 Å². The number of rotatable bonds is 3. The van der Waals surface area contributed by atoms with Gasteiger partial charge in [-0.1, -0.05) is 49.6 Å². The van der Waals surface area contributed by atoms with Gasteiger partial charge in [0, 0.05) is 6.54 Å². The Balaban J connectivity index is 1.88. The number of nitrogens with one attached hydrogen (secondary N) is 2. The lowest BCUT2D eigenvalue weighted by atomic mass is 9.82. The third-order valence-electron chi connectivity index (χ3n) is 6.74. The number of nitrogens with zero attached hydrogens (tertiary/aromatic N) is 1. The number of amides is 2. The normalized spacial score (nSPS) is 24.7. The number of benzene rings is 1. The SMILES string of the molecule is CC1(C)NC(=O)C(C2CCCCC2)N(Cc2ccccc2)CCCCCOC(=O)CNC1=O. The molecule has 1 saturated heterocycles. The fraction of sp³-hybridized carbons (Fsp3) is 0.654. The third kappa shape index (κ3) is 7.56. The molecular weight excluding hydrogens is 418 g/mol. The first-order chi connectivity index (χ1) is 15.9. The van der Waals surface area contributed by atoms with E-state index in [0.29, 0.717) is 13.2 Å². The lowest BCUT2D eigenvalue weighted by Gasteiger charge is -2.39. The van der Waals surface area contributed by atoms with Crippen LogP contribution < -0.4 is 10.6 Å². The van der Waals surface area contributed by atoms with Crippen molar-refractivity contribution in [1.82, 2.24) is 15.5 Å². The van der Waals surface area contributed by atoms with E-state index in [1.54, 1.807) is 13.8 Å². The summed E-state index contributed by atoms with van der Waals surface area (Å²) in [5, 5.41) is 5.63. The number of hydrogen-bond acceptors (Lipinski definition) is 5. The average molecular weight is 458 g/mol. The second-order valence-corrected chi connectivity index (χ2v) is 9.88. The van der Waals surface area contributed by atoms with Crippen LogP contribution in [-0.4, -0.2) is 54.0 Å².